The normalized spacial score (nSPS) is 23.5. The summed E-state index contributed by atoms with van der Waals surface area (Å²) in [6, 6.07) is 12.7. The molecular weight excluding hydrogens is 378 g/mol. The van der Waals surface area contributed by atoms with Crippen molar-refractivity contribution < 1.29 is 14.7 Å². The Morgan fingerprint density at radius 1 is 1.36 bits per heavy atom. The fourth-order valence-corrected chi connectivity index (χ4v) is 4.78. The van der Waals surface area contributed by atoms with E-state index in [-0.39, 0.29) is 6.61 Å². The largest absolute Gasteiger partial charge is 0.465 e. The van der Waals surface area contributed by atoms with Crippen molar-refractivity contribution in [3.8, 4) is 0 Å². The van der Waals surface area contributed by atoms with Crippen LogP contribution in [-0.2, 0) is 21.5 Å². The zero-order chi connectivity index (χ0) is 19.5. The van der Waals surface area contributed by atoms with E-state index < -0.39 is 17.6 Å². The highest BCUT2D eigenvalue weighted by Crippen LogP contribution is 2.50. The Morgan fingerprint density at radius 2 is 2.18 bits per heavy atom. The molecule has 0 amide bonds. The van der Waals surface area contributed by atoms with Gasteiger partial charge in [-0.05, 0) is 36.8 Å². The van der Waals surface area contributed by atoms with Gasteiger partial charge in [-0.25, -0.2) is 0 Å². The maximum atomic E-state index is 12.7. The number of H-pyrrole nitrogens is 1. The third kappa shape index (κ3) is 2.25. The number of rotatable bonds is 2. The average Bonchev–Trinajstić information content (AvgIpc) is 3.24. The highest BCUT2D eigenvalue weighted by atomic mass is 35.5. The second-order valence-corrected chi connectivity index (χ2v) is 7.68. The van der Waals surface area contributed by atoms with Crippen molar-refractivity contribution in [2.24, 2.45) is 0 Å². The van der Waals surface area contributed by atoms with Gasteiger partial charge in [0.15, 0.2) is 0 Å². The van der Waals surface area contributed by atoms with Crippen LogP contribution in [0.15, 0.2) is 42.5 Å². The van der Waals surface area contributed by atoms with E-state index in [0.717, 1.165) is 38.5 Å². The van der Waals surface area contributed by atoms with E-state index in [1.54, 1.807) is 6.92 Å². The lowest BCUT2D eigenvalue weighted by Gasteiger charge is -2.44. The molecule has 0 saturated carbocycles. The van der Waals surface area contributed by atoms with Crippen molar-refractivity contribution in [1.82, 2.24) is 10.0 Å². The molecule has 2 atom stereocenters. The van der Waals surface area contributed by atoms with E-state index >= 15 is 0 Å². The number of hydrogen-bond donors (Lipinski definition) is 3. The number of hydrogen-bond acceptors (Lipinski definition) is 5. The number of carbonyl (C=O) groups is 1. The van der Waals surface area contributed by atoms with Gasteiger partial charge < -0.3 is 20.2 Å². The van der Waals surface area contributed by atoms with E-state index in [2.05, 4.69) is 10.3 Å². The Morgan fingerprint density at radius 3 is 3.00 bits per heavy atom. The molecule has 2 aliphatic heterocycles. The lowest BCUT2D eigenvalue weighted by molar-refractivity contribution is -0.209. The summed E-state index contributed by atoms with van der Waals surface area (Å²) in [6.45, 7) is 2.44. The molecule has 5 rings (SSSR count). The predicted octanol–water partition coefficient (Wildman–Crippen LogP) is 3.67. The van der Waals surface area contributed by atoms with Gasteiger partial charge in [0.2, 0.25) is 0 Å². The number of ether oxygens (including phenoxy) is 1. The summed E-state index contributed by atoms with van der Waals surface area (Å²) in [5, 5.41) is 17.5. The van der Waals surface area contributed by atoms with Crippen LogP contribution >= 0.6 is 11.6 Å². The number of benzene rings is 2. The molecule has 6 nitrogen and oxygen atoms in total. The number of hydroxylamine groups is 2. The number of nitrogens with one attached hydrogen (secondary N) is 2. The van der Waals surface area contributed by atoms with Crippen molar-refractivity contribution >= 4 is 34.2 Å². The first kappa shape index (κ1) is 17.6. The fraction of sp³-hybridized carbons (Fsp3) is 0.286. The van der Waals surface area contributed by atoms with Crippen LogP contribution in [0, 0.1) is 0 Å². The minimum absolute atomic E-state index is 0.261. The molecule has 1 spiro atoms. The third-order valence-corrected chi connectivity index (χ3v) is 6.07. The molecule has 3 N–H and O–H groups in total. The first-order chi connectivity index (χ1) is 13.6. The van der Waals surface area contributed by atoms with Gasteiger partial charge in [-0.1, -0.05) is 29.8 Å². The Labute approximate surface area is 167 Å². The number of anilines is 1. The van der Waals surface area contributed by atoms with Crippen LogP contribution in [0.1, 0.15) is 23.7 Å². The van der Waals surface area contributed by atoms with Gasteiger partial charge in [0.1, 0.15) is 11.6 Å². The van der Waals surface area contributed by atoms with Gasteiger partial charge in [0, 0.05) is 45.8 Å². The van der Waals surface area contributed by atoms with Crippen molar-refractivity contribution in [3.63, 3.8) is 0 Å². The summed E-state index contributed by atoms with van der Waals surface area (Å²) in [5.74, 6) is -0.434. The van der Waals surface area contributed by atoms with Crippen LogP contribution in [-0.4, -0.2) is 40.4 Å². The molecule has 0 bridgehead atoms. The minimum atomic E-state index is -0.954. The van der Waals surface area contributed by atoms with Crippen molar-refractivity contribution in [2.75, 3.05) is 18.5 Å². The van der Waals surface area contributed by atoms with E-state index in [0.29, 0.717) is 18.0 Å². The first-order valence-corrected chi connectivity index (χ1v) is 9.73. The maximum absolute atomic E-state index is 12.7. The highest BCUT2D eigenvalue weighted by molar-refractivity contribution is 6.30. The zero-order valence-electron chi connectivity index (χ0n) is 15.3. The molecule has 0 saturated heterocycles. The number of carbonyl (C=O) groups excluding carboxylic acids is 1. The quantitative estimate of drug-likeness (QED) is 0.575. The Hall–Kier alpha value is -2.54. The van der Waals surface area contributed by atoms with E-state index in [9.17, 15) is 10.0 Å². The maximum Gasteiger partial charge on any atom is 0.326 e. The monoisotopic (exact) mass is 397 g/mol. The second-order valence-electron chi connectivity index (χ2n) is 7.24. The average molecular weight is 398 g/mol. The molecule has 3 aromatic rings. The molecular formula is C21H20ClN3O3. The lowest BCUT2D eigenvalue weighted by atomic mass is 9.79. The van der Waals surface area contributed by atoms with Crippen molar-refractivity contribution in [2.45, 2.75) is 24.9 Å². The highest BCUT2D eigenvalue weighted by Gasteiger charge is 2.55. The number of para-hydroxylation sites is 1. The zero-order valence-corrected chi connectivity index (χ0v) is 16.1. The van der Waals surface area contributed by atoms with Gasteiger partial charge in [-0.2, -0.15) is 5.06 Å². The molecule has 2 aromatic carbocycles. The number of fused-ring (bicyclic) bond motifs is 6. The summed E-state index contributed by atoms with van der Waals surface area (Å²) in [5.41, 5.74) is 3.64. The molecule has 28 heavy (non-hydrogen) atoms. The third-order valence-electron chi connectivity index (χ3n) is 5.83. The van der Waals surface area contributed by atoms with Crippen LogP contribution in [0.4, 0.5) is 5.69 Å². The van der Waals surface area contributed by atoms with Crippen LogP contribution in [0.2, 0.25) is 5.02 Å². The van der Waals surface area contributed by atoms with Gasteiger partial charge in [-0.15, -0.1) is 0 Å². The molecule has 3 heterocycles. The summed E-state index contributed by atoms with van der Waals surface area (Å²) in [4.78, 5) is 16.2. The number of esters is 1. The Bertz CT molecular complexity index is 1100. The van der Waals surface area contributed by atoms with E-state index in [1.165, 1.54) is 0 Å². The summed E-state index contributed by atoms with van der Waals surface area (Å²) >= 11 is 6.30. The molecule has 144 valence electrons. The predicted molar refractivity (Wildman–Crippen MR) is 107 cm³/mol. The molecule has 2 aliphatic rings. The van der Waals surface area contributed by atoms with E-state index in [1.807, 2.05) is 42.5 Å². The Kier molecular flexibility index (Phi) is 3.91. The summed E-state index contributed by atoms with van der Waals surface area (Å²) in [7, 11) is 0. The smallest absolute Gasteiger partial charge is 0.326 e. The molecule has 1 aromatic heterocycles. The minimum Gasteiger partial charge on any atom is -0.465 e. The topological polar surface area (TPSA) is 77.6 Å². The SMILES string of the molecule is CCOC(=O)[C@H]1Cc2c([nH]c3ccccc23)[C@]2(CNc3ccc(Cl)cc32)N1O. The molecule has 0 radical (unpaired) electrons. The van der Waals surface area contributed by atoms with Crippen LogP contribution in [0.3, 0.4) is 0 Å². The second kappa shape index (κ2) is 6.24. The van der Waals surface area contributed by atoms with Crippen LogP contribution < -0.4 is 5.32 Å². The fourth-order valence-electron chi connectivity index (χ4n) is 4.61. The van der Waals surface area contributed by atoms with Gasteiger partial charge in [-0.3, -0.25) is 4.79 Å². The Balaban J connectivity index is 1.79. The standard InChI is InChI=1S/C21H20ClN3O3/c1-2-28-20(26)18-10-14-13-5-3-4-6-16(13)24-19(14)21(25(18)27)11-23-17-8-7-12(22)9-15(17)21/h3-9,18,23-24,27H,2,10-11H2,1H3/t18-,21-/m1/s1. The molecule has 0 fully saturated rings. The number of aromatic amines is 1. The van der Waals surface area contributed by atoms with Crippen LogP contribution in [0.5, 0.6) is 0 Å². The molecule has 0 aliphatic carbocycles. The van der Waals surface area contributed by atoms with Gasteiger partial charge in [0.05, 0.1) is 6.61 Å². The van der Waals surface area contributed by atoms with Gasteiger partial charge >= 0.3 is 5.97 Å². The number of halogens is 1. The number of aromatic nitrogens is 1. The van der Waals surface area contributed by atoms with E-state index in [4.69, 9.17) is 16.3 Å². The van der Waals surface area contributed by atoms with Crippen molar-refractivity contribution in [1.29, 1.82) is 0 Å². The molecule has 7 heteroatoms. The van der Waals surface area contributed by atoms with Crippen LogP contribution in [0.25, 0.3) is 10.9 Å². The van der Waals surface area contributed by atoms with Crippen molar-refractivity contribution in [3.05, 3.63) is 64.3 Å². The van der Waals surface area contributed by atoms with Gasteiger partial charge in [0.25, 0.3) is 0 Å². The summed E-state index contributed by atoms with van der Waals surface area (Å²) < 4.78 is 5.27. The molecule has 0 unspecified atom stereocenters. The summed E-state index contributed by atoms with van der Waals surface area (Å²) in [6.07, 6.45) is 0.367. The first-order valence-electron chi connectivity index (χ1n) is 9.35. The lowest BCUT2D eigenvalue weighted by Crippen LogP contribution is -2.58. The number of nitrogens with zero attached hydrogens (tertiary/aromatic N) is 1.